The normalized spacial score (nSPS) is 14.3. The molecule has 0 fully saturated rings. The van der Waals surface area contributed by atoms with E-state index in [1.807, 2.05) is 71.6 Å². The molecule has 1 aliphatic rings. The van der Waals surface area contributed by atoms with Gasteiger partial charge < -0.3 is 19.4 Å². The number of nitrogens with zero attached hydrogens (tertiary/aromatic N) is 1. The molecule has 0 saturated carbocycles. The highest BCUT2D eigenvalue weighted by molar-refractivity contribution is 5.95. The van der Waals surface area contributed by atoms with Crippen molar-refractivity contribution in [3.05, 3.63) is 78.1 Å². The van der Waals surface area contributed by atoms with Gasteiger partial charge in [-0.25, -0.2) is 0 Å². The van der Waals surface area contributed by atoms with Crippen molar-refractivity contribution >= 4 is 5.91 Å². The maximum absolute atomic E-state index is 13.0. The second-order valence-electron chi connectivity index (χ2n) is 7.59. The molecular weight excluding hydrogens is 364 g/mol. The number of amides is 1. The molecule has 2 aromatic carbocycles. The van der Waals surface area contributed by atoms with E-state index in [0.717, 1.165) is 29.2 Å². The van der Waals surface area contributed by atoms with Crippen LogP contribution in [0.25, 0.3) is 5.69 Å². The average molecular weight is 390 g/mol. The summed E-state index contributed by atoms with van der Waals surface area (Å²) in [5, 5.41) is 3.20. The summed E-state index contributed by atoms with van der Waals surface area (Å²) in [4.78, 5) is 13.0. The topological polar surface area (TPSA) is 52.5 Å². The molecule has 1 N–H and O–H groups in total. The summed E-state index contributed by atoms with van der Waals surface area (Å²) in [5.74, 6) is 1.63. The summed E-state index contributed by atoms with van der Waals surface area (Å²) in [6.45, 7) is 5.50. The number of aromatic nitrogens is 1. The number of benzene rings is 2. The van der Waals surface area contributed by atoms with Gasteiger partial charge in [0.05, 0.1) is 19.3 Å². The molecule has 0 radical (unpaired) electrons. The van der Waals surface area contributed by atoms with Crippen molar-refractivity contribution in [2.75, 3.05) is 13.2 Å². The molecule has 1 aromatic heterocycles. The Morgan fingerprint density at radius 2 is 1.72 bits per heavy atom. The van der Waals surface area contributed by atoms with Gasteiger partial charge in [-0.1, -0.05) is 26.0 Å². The van der Waals surface area contributed by atoms with Crippen molar-refractivity contribution < 1.29 is 14.3 Å². The van der Waals surface area contributed by atoms with Gasteiger partial charge >= 0.3 is 0 Å². The lowest BCUT2D eigenvalue weighted by Crippen LogP contribution is -2.31. The van der Waals surface area contributed by atoms with Crippen LogP contribution in [0.1, 0.15) is 42.2 Å². The molecule has 3 aromatic rings. The molecule has 2 heterocycles. The van der Waals surface area contributed by atoms with Crippen LogP contribution in [-0.2, 0) is 0 Å². The van der Waals surface area contributed by atoms with Crippen LogP contribution in [-0.4, -0.2) is 23.7 Å². The van der Waals surface area contributed by atoms with Crippen molar-refractivity contribution in [2.45, 2.75) is 26.3 Å². The Morgan fingerprint density at radius 1 is 0.966 bits per heavy atom. The van der Waals surface area contributed by atoms with Crippen LogP contribution in [0.2, 0.25) is 0 Å². The number of nitrogens with one attached hydrogen (secondary N) is 1. The number of fused-ring (bicyclic) bond motifs is 1. The Balaban J connectivity index is 1.57. The summed E-state index contributed by atoms with van der Waals surface area (Å²) < 4.78 is 13.5. The van der Waals surface area contributed by atoms with E-state index >= 15 is 0 Å². The Bertz CT molecular complexity index is 980. The number of carbonyl (C=O) groups excluding carboxylic acids is 1. The third-order valence-corrected chi connectivity index (χ3v) is 5.09. The lowest BCUT2D eigenvalue weighted by Gasteiger charge is -2.24. The lowest BCUT2D eigenvalue weighted by atomic mass is 9.95. The summed E-state index contributed by atoms with van der Waals surface area (Å²) >= 11 is 0. The third kappa shape index (κ3) is 4.29. The summed E-state index contributed by atoms with van der Waals surface area (Å²) in [6, 6.07) is 17.4. The number of hydrogen-bond acceptors (Lipinski definition) is 3. The van der Waals surface area contributed by atoms with Crippen LogP contribution in [0.4, 0.5) is 0 Å². The molecule has 0 bridgehead atoms. The summed E-state index contributed by atoms with van der Waals surface area (Å²) in [6.07, 6.45) is 4.80. The quantitative estimate of drug-likeness (QED) is 0.683. The van der Waals surface area contributed by atoms with Gasteiger partial charge in [0.2, 0.25) is 0 Å². The number of rotatable bonds is 5. The molecule has 4 rings (SSSR count). The maximum atomic E-state index is 13.0. The first-order valence-electron chi connectivity index (χ1n) is 10.1. The minimum absolute atomic E-state index is 0.0928. The molecule has 0 unspecified atom stereocenters. The SMILES string of the molecule is CC(C)[C@H](NC(=O)c1cccc(-n2cccc2)c1)c1ccc2c(c1)OCCCO2. The standard InChI is InChI=1S/C24H26N2O3/c1-17(2)23(18-9-10-21-22(16-18)29-14-6-13-28-21)25-24(27)19-7-5-8-20(15-19)26-11-3-4-12-26/h3-5,7-12,15-17,23H,6,13-14H2,1-2H3,(H,25,27)/t23-/m0/s1. The fraction of sp³-hybridized carbons (Fsp3) is 0.292. The maximum Gasteiger partial charge on any atom is 0.251 e. The van der Waals surface area contributed by atoms with Gasteiger partial charge in [0.25, 0.3) is 5.91 Å². The molecule has 150 valence electrons. The fourth-order valence-electron chi connectivity index (χ4n) is 3.55. The molecule has 0 saturated heterocycles. The van der Waals surface area contributed by atoms with Crippen molar-refractivity contribution in [3.8, 4) is 17.2 Å². The van der Waals surface area contributed by atoms with Gasteiger partial charge in [0.1, 0.15) is 0 Å². The molecule has 1 amide bonds. The van der Waals surface area contributed by atoms with E-state index in [4.69, 9.17) is 9.47 Å². The second-order valence-corrected chi connectivity index (χ2v) is 7.59. The van der Waals surface area contributed by atoms with Gasteiger partial charge in [0.15, 0.2) is 11.5 Å². The molecule has 0 aliphatic carbocycles. The predicted molar refractivity (Wildman–Crippen MR) is 113 cm³/mol. The number of carbonyl (C=O) groups is 1. The summed E-state index contributed by atoms with van der Waals surface area (Å²) in [5.41, 5.74) is 2.61. The van der Waals surface area contributed by atoms with Crippen LogP contribution < -0.4 is 14.8 Å². The molecule has 5 heteroatoms. The van der Waals surface area contributed by atoms with Gasteiger partial charge in [-0.2, -0.15) is 0 Å². The zero-order valence-corrected chi connectivity index (χ0v) is 16.8. The first-order chi connectivity index (χ1) is 14.1. The van der Waals surface area contributed by atoms with Crippen LogP contribution in [0.15, 0.2) is 67.0 Å². The highest BCUT2D eigenvalue weighted by Gasteiger charge is 2.22. The van der Waals surface area contributed by atoms with Gasteiger partial charge in [-0.15, -0.1) is 0 Å². The van der Waals surface area contributed by atoms with E-state index in [2.05, 4.69) is 19.2 Å². The van der Waals surface area contributed by atoms with Gasteiger partial charge in [-0.05, 0) is 53.9 Å². The molecular formula is C24H26N2O3. The zero-order valence-electron chi connectivity index (χ0n) is 16.8. The highest BCUT2D eigenvalue weighted by atomic mass is 16.5. The smallest absolute Gasteiger partial charge is 0.251 e. The molecule has 1 aliphatic heterocycles. The van der Waals surface area contributed by atoms with E-state index in [-0.39, 0.29) is 17.9 Å². The fourth-order valence-corrected chi connectivity index (χ4v) is 3.55. The first kappa shape index (κ1) is 19.1. The number of hydrogen-bond donors (Lipinski definition) is 1. The monoisotopic (exact) mass is 390 g/mol. The molecule has 29 heavy (non-hydrogen) atoms. The average Bonchev–Trinajstić information content (AvgIpc) is 3.17. The summed E-state index contributed by atoms with van der Waals surface area (Å²) in [7, 11) is 0. The Kier molecular flexibility index (Phi) is 5.56. The Labute approximate surface area is 171 Å². The minimum atomic E-state index is -0.130. The third-order valence-electron chi connectivity index (χ3n) is 5.09. The van der Waals surface area contributed by atoms with Crippen LogP contribution in [0, 0.1) is 5.92 Å². The second kappa shape index (κ2) is 8.43. The predicted octanol–water partition coefficient (Wildman–Crippen LogP) is 4.77. The minimum Gasteiger partial charge on any atom is -0.490 e. The zero-order chi connectivity index (χ0) is 20.2. The Morgan fingerprint density at radius 3 is 2.48 bits per heavy atom. The molecule has 5 nitrogen and oxygen atoms in total. The largest absolute Gasteiger partial charge is 0.490 e. The van der Waals surface area contributed by atoms with E-state index in [1.165, 1.54) is 0 Å². The van der Waals surface area contributed by atoms with E-state index < -0.39 is 0 Å². The first-order valence-corrected chi connectivity index (χ1v) is 10.1. The number of ether oxygens (including phenoxy) is 2. The van der Waals surface area contributed by atoms with E-state index in [9.17, 15) is 4.79 Å². The van der Waals surface area contributed by atoms with Crippen molar-refractivity contribution in [1.82, 2.24) is 9.88 Å². The van der Waals surface area contributed by atoms with Crippen LogP contribution >= 0.6 is 0 Å². The van der Waals surface area contributed by atoms with Gasteiger partial charge in [0, 0.05) is 30.1 Å². The van der Waals surface area contributed by atoms with Crippen molar-refractivity contribution in [1.29, 1.82) is 0 Å². The van der Waals surface area contributed by atoms with Crippen molar-refractivity contribution in [2.24, 2.45) is 5.92 Å². The highest BCUT2D eigenvalue weighted by Crippen LogP contribution is 2.34. The van der Waals surface area contributed by atoms with Gasteiger partial charge in [-0.3, -0.25) is 4.79 Å². The van der Waals surface area contributed by atoms with E-state index in [1.54, 1.807) is 0 Å². The molecule has 0 spiro atoms. The van der Waals surface area contributed by atoms with Crippen molar-refractivity contribution in [3.63, 3.8) is 0 Å². The van der Waals surface area contributed by atoms with Crippen LogP contribution in [0.3, 0.4) is 0 Å². The molecule has 1 atom stereocenters. The van der Waals surface area contributed by atoms with Crippen LogP contribution in [0.5, 0.6) is 11.5 Å². The Hall–Kier alpha value is -3.21. The van der Waals surface area contributed by atoms with E-state index in [0.29, 0.717) is 18.8 Å². The lowest BCUT2D eigenvalue weighted by molar-refractivity contribution is 0.0925.